The van der Waals surface area contributed by atoms with E-state index in [0.29, 0.717) is 11.6 Å². The Morgan fingerprint density at radius 2 is 1.79 bits per heavy atom. The van der Waals surface area contributed by atoms with Gasteiger partial charge in [0.1, 0.15) is 5.82 Å². The second-order valence-electron chi connectivity index (χ2n) is 7.14. The zero-order valence-electron chi connectivity index (χ0n) is 15.8. The molecule has 3 aromatic rings. The Morgan fingerprint density at radius 1 is 1.10 bits per heavy atom. The van der Waals surface area contributed by atoms with E-state index in [1.807, 2.05) is 31.3 Å². The van der Waals surface area contributed by atoms with Crippen molar-refractivity contribution in [1.29, 1.82) is 0 Å². The van der Waals surface area contributed by atoms with Crippen LogP contribution in [0, 0.1) is 0 Å². The molecule has 0 radical (unpaired) electrons. The lowest BCUT2D eigenvalue weighted by Gasteiger charge is -2.21. The van der Waals surface area contributed by atoms with Crippen LogP contribution in [0.1, 0.15) is 12.0 Å². The van der Waals surface area contributed by atoms with Crippen LogP contribution in [0.2, 0.25) is 0 Å². The molecule has 1 aliphatic rings. The number of fused-ring (bicyclic) bond motifs is 1. The van der Waals surface area contributed by atoms with Gasteiger partial charge in [-0.3, -0.25) is 0 Å². The van der Waals surface area contributed by atoms with Crippen LogP contribution in [-0.2, 0) is 6.18 Å². The molecule has 6 nitrogen and oxygen atoms in total. The highest BCUT2D eigenvalue weighted by molar-refractivity contribution is 5.93. The molecule has 152 valence electrons. The van der Waals surface area contributed by atoms with Gasteiger partial charge in [0.2, 0.25) is 0 Å². The summed E-state index contributed by atoms with van der Waals surface area (Å²) in [6.45, 7) is 1.58. The highest BCUT2D eigenvalue weighted by Crippen LogP contribution is 2.39. The van der Waals surface area contributed by atoms with Gasteiger partial charge in [-0.15, -0.1) is 0 Å². The van der Waals surface area contributed by atoms with E-state index < -0.39 is 11.7 Å². The number of likely N-dealkylation sites (N-methyl/N-ethyl adjacent to an activating group) is 1. The SMILES string of the molecule is CNC1CCN(c2nc(-c3c(N)cc(C(F)(F)F)cc3N)nc3ccccc23)C1. The lowest BCUT2D eigenvalue weighted by atomic mass is 10.0. The zero-order valence-corrected chi connectivity index (χ0v) is 15.8. The molecule has 0 spiro atoms. The minimum Gasteiger partial charge on any atom is -0.398 e. The summed E-state index contributed by atoms with van der Waals surface area (Å²) < 4.78 is 39.2. The molecule has 0 aliphatic carbocycles. The van der Waals surface area contributed by atoms with Crippen LogP contribution in [0.25, 0.3) is 22.3 Å². The van der Waals surface area contributed by atoms with Gasteiger partial charge in [0.15, 0.2) is 5.82 Å². The quantitative estimate of drug-likeness (QED) is 0.583. The first kappa shape index (κ1) is 19.3. The van der Waals surface area contributed by atoms with Gasteiger partial charge in [0.25, 0.3) is 0 Å². The maximum atomic E-state index is 13.1. The number of aromatic nitrogens is 2. The van der Waals surface area contributed by atoms with E-state index in [-0.39, 0.29) is 22.8 Å². The predicted molar refractivity (Wildman–Crippen MR) is 108 cm³/mol. The second kappa shape index (κ2) is 7.07. The van der Waals surface area contributed by atoms with Crippen molar-refractivity contribution in [3.8, 4) is 11.4 Å². The fraction of sp³-hybridized carbons (Fsp3) is 0.300. The monoisotopic (exact) mass is 402 g/mol. The van der Waals surface area contributed by atoms with Crippen LogP contribution in [0.15, 0.2) is 36.4 Å². The van der Waals surface area contributed by atoms with Gasteiger partial charge in [-0.25, -0.2) is 9.97 Å². The van der Waals surface area contributed by atoms with Crippen LogP contribution in [-0.4, -0.2) is 36.1 Å². The molecule has 0 saturated carbocycles. The molecule has 4 rings (SSSR count). The molecule has 2 heterocycles. The molecule has 1 aliphatic heterocycles. The number of rotatable bonds is 3. The first-order valence-corrected chi connectivity index (χ1v) is 9.23. The Bertz CT molecular complexity index is 1040. The molecule has 9 heteroatoms. The lowest BCUT2D eigenvalue weighted by molar-refractivity contribution is -0.137. The maximum Gasteiger partial charge on any atom is 0.416 e. The predicted octanol–water partition coefficient (Wildman–Crippen LogP) is 3.28. The number of nitrogens with one attached hydrogen (secondary N) is 1. The van der Waals surface area contributed by atoms with Crippen molar-refractivity contribution in [3.63, 3.8) is 0 Å². The summed E-state index contributed by atoms with van der Waals surface area (Å²) in [5.74, 6) is 0.942. The Hall–Kier alpha value is -3.07. The Kier molecular flexibility index (Phi) is 4.70. The number of anilines is 3. The average Bonchev–Trinajstić information content (AvgIpc) is 3.15. The molecular weight excluding hydrogens is 381 g/mol. The van der Waals surface area contributed by atoms with E-state index in [1.54, 1.807) is 0 Å². The van der Waals surface area contributed by atoms with Gasteiger partial charge in [-0.05, 0) is 37.7 Å². The standard InChI is InChI=1S/C20H21F3N6/c1-26-12-6-7-29(10-12)19-13-4-2-3-5-16(13)27-18(28-19)17-14(24)8-11(9-15(17)25)20(21,22)23/h2-5,8-9,12,26H,6-7,10,24-25H2,1H3. The number of nitrogens with two attached hydrogens (primary N) is 2. The minimum atomic E-state index is -4.53. The Morgan fingerprint density at radius 3 is 2.41 bits per heavy atom. The summed E-state index contributed by atoms with van der Waals surface area (Å²) in [5.41, 5.74) is 11.7. The van der Waals surface area contributed by atoms with Crippen LogP contribution >= 0.6 is 0 Å². The Labute approximate surface area is 165 Å². The number of alkyl halides is 3. The van der Waals surface area contributed by atoms with E-state index in [9.17, 15) is 13.2 Å². The summed E-state index contributed by atoms with van der Waals surface area (Å²) >= 11 is 0. The number of hydrogen-bond donors (Lipinski definition) is 3. The largest absolute Gasteiger partial charge is 0.416 e. The van der Waals surface area contributed by atoms with Gasteiger partial charge in [0.05, 0.1) is 16.6 Å². The third-order valence-corrected chi connectivity index (χ3v) is 5.23. The minimum absolute atomic E-state index is 0.104. The van der Waals surface area contributed by atoms with E-state index >= 15 is 0 Å². The molecule has 0 bridgehead atoms. The number of halogens is 3. The van der Waals surface area contributed by atoms with Crippen molar-refractivity contribution < 1.29 is 13.2 Å². The Balaban J connectivity index is 1.88. The zero-order chi connectivity index (χ0) is 20.8. The summed E-state index contributed by atoms with van der Waals surface area (Å²) in [6, 6.07) is 9.61. The smallest absolute Gasteiger partial charge is 0.398 e. The van der Waals surface area contributed by atoms with Gasteiger partial charge in [-0.1, -0.05) is 12.1 Å². The van der Waals surface area contributed by atoms with Crippen LogP contribution in [0.4, 0.5) is 30.4 Å². The topological polar surface area (TPSA) is 93.1 Å². The van der Waals surface area contributed by atoms with Gasteiger partial charge in [-0.2, -0.15) is 13.2 Å². The number of nitrogen functional groups attached to an aromatic ring is 2. The number of para-hydroxylation sites is 1. The van der Waals surface area contributed by atoms with Crippen molar-refractivity contribution in [2.45, 2.75) is 18.6 Å². The third kappa shape index (κ3) is 3.53. The van der Waals surface area contributed by atoms with E-state index in [0.717, 1.165) is 42.8 Å². The fourth-order valence-corrected chi connectivity index (χ4v) is 3.71. The van der Waals surface area contributed by atoms with Crippen molar-refractivity contribution in [2.75, 3.05) is 36.5 Å². The van der Waals surface area contributed by atoms with Crippen LogP contribution < -0.4 is 21.7 Å². The highest BCUT2D eigenvalue weighted by atomic mass is 19.4. The van der Waals surface area contributed by atoms with Crippen LogP contribution in [0.5, 0.6) is 0 Å². The molecular formula is C20H21F3N6. The van der Waals surface area contributed by atoms with Gasteiger partial charge < -0.3 is 21.7 Å². The first-order valence-electron chi connectivity index (χ1n) is 9.23. The lowest BCUT2D eigenvalue weighted by Crippen LogP contribution is -2.30. The maximum absolute atomic E-state index is 13.1. The van der Waals surface area contributed by atoms with Crippen molar-refractivity contribution in [3.05, 3.63) is 42.0 Å². The molecule has 0 amide bonds. The number of hydrogen-bond acceptors (Lipinski definition) is 6. The average molecular weight is 402 g/mol. The third-order valence-electron chi connectivity index (χ3n) is 5.23. The second-order valence-corrected chi connectivity index (χ2v) is 7.14. The van der Waals surface area contributed by atoms with Gasteiger partial charge in [0, 0.05) is 35.9 Å². The van der Waals surface area contributed by atoms with Crippen molar-refractivity contribution >= 4 is 28.1 Å². The summed E-state index contributed by atoms with van der Waals surface area (Å²) in [5, 5.41) is 4.14. The number of benzene rings is 2. The summed E-state index contributed by atoms with van der Waals surface area (Å²) in [7, 11) is 1.92. The normalized spacial score (nSPS) is 17.2. The number of nitrogens with zero attached hydrogens (tertiary/aromatic N) is 3. The summed E-state index contributed by atoms with van der Waals surface area (Å²) in [6.07, 6.45) is -3.57. The fourth-order valence-electron chi connectivity index (χ4n) is 3.71. The van der Waals surface area contributed by atoms with Crippen LogP contribution in [0.3, 0.4) is 0 Å². The van der Waals surface area contributed by atoms with E-state index in [4.69, 9.17) is 11.5 Å². The molecule has 1 atom stereocenters. The molecule has 5 N–H and O–H groups in total. The molecule has 1 unspecified atom stereocenters. The van der Waals surface area contributed by atoms with Crippen molar-refractivity contribution in [2.24, 2.45) is 0 Å². The molecule has 1 fully saturated rings. The molecule has 1 aromatic heterocycles. The van der Waals surface area contributed by atoms with Gasteiger partial charge >= 0.3 is 6.18 Å². The highest BCUT2D eigenvalue weighted by Gasteiger charge is 2.32. The van der Waals surface area contributed by atoms with E-state index in [1.165, 1.54) is 0 Å². The molecule has 1 saturated heterocycles. The summed E-state index contributed by atoms with van der Waals surface area (Å²) in [4.78, 5) is 11.4. The molecule has 29 heavy (non-hydrogen) atoms. The first-order chi connectivity index (χ1) is 13.8. The van der Waals surface area contributed by atoms with E-state index in [2.05, 4.69) is 20.2 Å². The molecule has 2 aromatic carbocycles. The van der Waals surface area contributed by atoms with Crippen molar-refractivity contribution in [1.82, 2.24) is 15.3 Å².